The summed E-state index contributed by atoms with van der Waals surface area (Å²) in [4.78, 5) is 0. The third-order valence-corrected chi connectivity index (χ3v) is 3.57. The summed E-state index contributed by atoms with van der Waals surface area (Å²) >= 11 is 0. The van der Waals surface area contributed by atoms with Gasteiger partial charge in [0.05, 0.1) is 0 Å². The Kier molecular flexibility index (Phi) is 6.28. The van der Waals surface area contributed by atoms with Crippen molar-refractivity contribution in [2.24, 2.45) is 0 Å². The molecule has 0 amide bonds. The van der Waals surface area contributed by atoms with Crippen LogP contribution in [0, 0.1) is 13.8 Å². The van der Waals surface area contributed by atoms with Crippen molar-refractivity contribution in [3.63, 3.8) is 0 Å². The van der Waals surface area contributed by atoms with Crippen LogP contribution in [-0.2, 0) is 6.42 Å². The Bertz CT molecular complexity index is 330. The lowest BCUT2D eigenvalue weighted by atomic mass is 10.00. The lowest BCUT2D eigenvalue weighted by Crippen LogP contribution is -2.28. The predicted octanol–water partition coefficient (Wildman–Crippen LogP) is 4.01. The Balaban J connectivity index is 2.37. The first-order valence-electron chi connectivity index (χ1n) is 6.96. The van der Waals surface area contributed by atoms with Gasteiger partial charge in [-0.1, -0.05) is 32.0 Å². The van der Waals surface area contributed by atoms with Crippen LogP contribution in [0.25, 0.3) is 0 Å². The Morgan fingerprint density at radius 2 is 1.88 bits per heavy atom. The number of aryl methyl sites for hydroxylation is 3. The van der Waals surface area contributed by atoms with Crippen LogP contribution < -0.4 is 5.32 Å². The van der Waals surface area contributed by atoms with Crippen molar-refractivity contribution in [2.45, 2.75) is 59.4 Å². The molecule has 0 saturated carbocycles. The van der Waals surface area contributed by atoms with Gasteiger partial charge >= 0.3 is 0 Å². The van der Waals surface area contributed by atoms with Gasteiger partial charge in [0.15, 0.2) is 0 Å². The summed E-state index contributed by atoms with van der Waals surface area (Å²) in [5.74, 6) is 0. The molecule has 1 nitrogen and oxygen atoms in total. The highest BCUT2D eigenvalue weighted by Crippen LogP contribution is 2.13. The van der Waals surface area contributed by atoms with Gasteiger partial charge in [-0.25, -0.2) is 0 Å². The molecule has 0 heterocycles. The van der Waals surface area contributed by atoms with E-state index in [0.717, 1.165) is 6.54 Å². The summed E-state index contributed by atoms with van der Waals surface area (Å²) in [5.41, 5.74) is 4.30. The van der Waals surface area contributed by atoms with E-state index in [4.69, 9.17) is 0 Å². The van der Waals surface area contributed by atoms with Gasteiger partial charge in [0, 0.05) is 6.04 Å². The van der Waals surface area contributed by atoms with Gasteiger partial charge in [0.25, 0.3) is 0 Å². The molecule has 0 aliphatic carbocycles. The van der Waals surface area contributed by atoms with Gasteiger partial charge < -0.3 is 5.32 Å². The number of nitrogens with one attached hydrogen (secondary N) is 1. The topological polar surface area (TPSA) is 12.0 Å². The zero-order valence-corrected chi connectivity index (χ0v) is 11.8. The summed E-state index contributed by atoms with van der Waals surface area (Å²) in [7, 11) is 0. The van der Waals surface area contributed by atoms with Gasteiger partial charge in [0.2, 0.25) is 0 Å². The molecule has 96 valence electrons. The lowest BCUT2D eigenvalue weighted by molar-refractivity contribution is 0.467. The zero-order valence-electron chi connectivity index (χ0n) is 11.8. The molecule has 1 heteroatoms. The fourth-order valence-electron chi connectivity index (χ4n) is 2.25. The van der Waals surface area contributed by atoms with Gasteiger partial charge in [0.1, 0.15) is 0 Å². The van der Waals surface area contributed by atoms with Crippen molar-refractivity contribution in [1.29, 1.82) is 0 Å². The molecule has 0 saturated heterocycles. The van der Waals surface area contributed by atoms with Crippen LogP contribution in [0.1, 0.15) is 49.8 Å². The molecule has 1 N–H and O–H groups in total. The number of hydrogen-bond donors (Lipinski definition) is 1. The average Bonchev–Trinajstić information content (AvgIpc) is 2.32. The summed E-state index contributed by atoms with van der Waals surface area (Å²) in [6, 6.07) is 7.55. The van der Waals surface area contributed by atoms with Gasteiger partial charge in [-0.05, 0) is 62.8 Å². The van der Waals surface area contributed by atoms with Crippen LogP contribution in [-0.4, -0.2) is 12.6 Å². The highest BCUT2D eigenvalue weighted by Gasteiger charge is 2.04. The molecule has 1 rings (SSSR count). The van der Waals surface area contributed by atoms with E-state index in [2.05, 4.69) is 51.2 Å². The molecule has 0 radical (unpaired) electrons. The first-order valence-corrected chi connectivity index (χ1v) is 6.96. The van der Waals surface area contributed by atoms with Crippen LogP contribution in [0.3, 0.4) is 0 Å². The average molecular weight is 233 g/mol. The van der Waals surface area contributed by atoms with E-state index < -0.39 is 0 Å². The van der Waals surface area contributed by atoms with Gasteiger partial charge in [-0.15, -0.1) is 0 Å². The van der Waals surface area contributed by atoms with E-state index in [1.165, 1.54) is 42.4 Å². The molecule has 0 aliphatic rings. The largest absolute Gasteiger partial charge is 0.314 e. The molecule has 1 unspecified atom stereocenters. The monoisotopic (exact) mass is 233 g/mol. The van der Waals surface area contributed by atoms with Crippen molar-refractivity contribution in [1.82, 2.24) is 5.32 Å². The van der Waals surface area contributed by atoms with Crippen LogP contribution in [0.2, 0.25) is 0 Å². The second-order valence-corrected chi connectivity index (χ2v) is 4.97. The van der Waals surface area contributed by atoms with Crippen LogP contribution in [0.4, 0.5) is 0 Å². The first-order chi connectivity index (χ1) is 8.17. The minimum absolute atomic E-state index is 0.701. The van der Waals surface area contributed by atoms with Crippen molar-refractivity contribution < 1.29 is 0 Å². The maximum Gasteiger partial charge on any atom is 0.00644 e. The molecule has 1 aromatic rings. The third kappa shape index (κ3) is 4.91. The Hall–Kier alpha value is -0.820. The molecule has 0 spiro atoms. The van der Waals surface area contributed by atoms with E-state index in [9.17, 15) is 0 Å². The summed E-state index contributed by atoms with van der Waals surface area (Å²) in [6.45, 7) is 9.92. The van der Waals surface area contributed by atoms with Crippen molar-refractivity contribution in [3.8, 4) is 0 Å². The second kappa shape index (κ2) is 7.50. The van der Waals surface area contributed by atoms with E-state index in [0.29, 0.717) is 6.04 Å². The maximum absolute atomic E-state index is 3.54. The highest BCUT2D eigenvalue weighted by atomic mass is 14.9. The summed E-state index contributed by atoms with van der Waals surface area (Å²) < 4.78 is 0. The zero-order chi connectivity index (χ0) is 12.7. The number of benzene rings is 1. The summed E-state index contributed by atoms with van der Waals surface area (Å²) in [5, 5.41) is 3.54. The van der Waals surface area contributed by atoms with E-state index >= 15 is 0 Å². The van der Waals surface area contributed by atoms with Crippen LogP contribution >= 0.6 is 0 Å². The van der Waals surface area contributed by atoms with E-state index in [1.54, 1.807) is 0 Å². The Labute approximate surface area is 107 Å². The third-order valence-electron chi connectivity index (χ3n) is 3.57. The van der Waals surface area contributed by atoms with Gasteiger partial charge in [-0.2, -0.15) is 0 Å². The highest BCUT2D eigenvalue weighted by molar-refractivity contribution is 5.29. The van der Waals surface area contributed by atoms with E-state index in [1.807, 2.05) is 0 Å². The predicted molar refractivity (Wildman–Crippen MR) is 76.6 cm³/mol. The van der Waals surface area contributed by atoms with Gasteiger partial charge in [-0.3, -0.25) is 0 Å². The van der Waals surface area contributed by atoms with Crippen molar-refractivity contribution in [3.05, 3.63) is 34.9 Å². The van der Waals surface area contributed by atoms with Crippen molar-refractivity contribution in [2.75, 3.05) is 6.54 Å². The smallest absolute Gasteiger partial charge is 0.00644 e. The number of hydrogen-bond acceptors (Lipinski definition) is 1. The Morgan fingerprint density at radius 1 is 1.12 bits per heavy atom. The molecule has 0 aromatic heterocycles. The molecule has 0 aliphatic heterocycles. The molecule has 0 fully saturated rings. The normalized spacial score (nSPS) is 12.7. The van der Waals surface area contributed by atoms with E-state index in [-0.39, 0.29) is 0 Å². The molecular formula is C16H27N. The number of rotatable bonds is 7. The lowest BCUT2D eigenvalue weighted by Gasteiger charge is -2.15. The first kappa shape index (κ1) is 14.2. The molecule has 1 aromatic carbocycles. The second-order valence-electron chi connectivity index (χ2n) is 4.97. The fraction of sp³-hybridized carbons (Fsp3) is 0.625. The van der Waals surface area contributed by atoms with Crippen LogP contribution in [0.15, 0.2) is 18.2 Å². The quantitative estimate of drug-likeness (QED) is 0.750. The SMILES string of the molecule is CCNC(CC)CCCc1ccc(C)c(C)c1. The van der Waals surface area contributed by atoms with Crippen molar-refractivity contribution >= 4 is 0 Å². The fourth-order valence-corrected chi connectivity index (χ4v) is 2.25. The van der Waals surface area contributed by atoms with Crippen LogP contribution in [0.5, 0.6) is 0 Å². The maximum atomic E-state index is 3.54. The summed E-state index contributed by atoms with van der Waals surface area (Å²) in [6.07, 6.45) is 5.02. The minimum atomic E-state index is 0.701. The minimum Gasteiger partial charge on any atom is -0.314 e. The molecule has 17 heavy (non-hydrogen) atoms. The molecular weight excluding hydrogens is 206 g/mol. The standard InChI is InChI=1S/C16H27N/c1-5-16(17-6-2)9-7-8-15-11-10-13(3)14(4)12-15/h10-12,16-17H,5-9H2,1-4H3. The Morgan fingerprint density at radius 3 is 2.47 bits per heavy atom. The molecule has 1 atom stereocenters. The molecule has 0 bridgehead atoms.